The maximum absolute atomic E-state index is 12.3. The van der Waals surface area contributed by atoms with Crippen LogP contribution in [0.3, 0.4) is 0 Å². The van der Waals surface area contributed by atoms with Crippen LogP contribution in [0.5, 0.6) is 0 Å². The Balaban J connectivity index is 2.38. The molecule has 0 saturated heterocycles. The zero-order chi connectivity index (χ0) is 14.8. The number of anilines is 1. The molecule has 0 bridgehead atoms. The summed E-state index contributed by atoms with van der Waals surface area (Å²) in [5.74, 6) is 0. The second kappa shape index (κ2) is 6.01. The van der Waals surface area contributed by atoms with Gasteiger partial charge in [-0.2, -0.15) is 0 Å². The lowest BCUT2D eigenvalue weighted by atomic mass is 10.2. The first-order chi connectivity index (χ1) is 9.44. The highest BCUT2D eigenvalue weighted by molar-refractivity contribution is 7.92. The third-order valence-corrected chi connectivity index (χ3v) is 4.98. The van der Waals surface area contributed by atoms with Crippen LogP contribution in [-0.2, 0) is 16.6 Å². The van der Waals surface area contributed by atoms with Gasteiger partial charge in [0.25, 0.3) is 10.0 Å². The minimum atomic E-state index is -3.80. The average Bonchev–Trinajstić information content (AvgIpc) is 2.41. The molecule has 2 rings (SSSR count). The molecule has 0 saturated carbocycles. The summed E-state index contributed by atoms with van der Waals surface area (Å²) < 4.78 is 27.0. The first-order valence-corrected chi connectivity index (χ1v) is 7.94. The Bertz CT molecular complexity index is 733. The third-order valence-electron chi connectivity index (χ3n) is 2.62. The number of benzene rings is 2. The SMILES string of the molecule is NCc1cccc(NS(=O)(=O)c2cccc(Cl)c2Cl)c1. The van der Waals surface area contributed by atoms with Gasteiger partial charge in [-0.05, 0) is 29.8 Å². The predicted molar refractivity (Wildman–Crippen MR) is 81.6 cm³/mol. The largest absolute Gasteiger partial charge is 0.326 e. The van der Waals surface area contributed by atoms with Gasteiger partial charge >= 0.3 is 0 Å². The number of hydrogen-bond acceptors (Lipinski definition) is 3. The van der Waals surface area contributed by atoms with E-state index in [-0.39, 0.29) is 14.9 Å². The minimum absolute atomic E-state index is 0.00311. The lowest BCUT2D eigenvalue weighted by molar-refractivity contribution is 0.601. The van der Waals surface area contributed by atoms with Crippen LogP contribution in [0.2, 0.25) is 10.0 Å². The number of sulfonamides is 1. The van der Waals surface area contributed by atoms with E-state index in [1.54, 1.807) is 18.2 Å². The molecule has 2 aromatic rings. The van der Waals surface area contributed by atoms with E-state index in [4.69, 9.17) is 28.9 Å². The van der Waals surface area contributed by atoms with E-state index in [1.807, 2.05) is 6.07 Å². The minimum Gasteiger partial charge on any atom is -0.326 e. The number of hydrogen-bond donors (Lipinski definition) is 2. The summed E-state index contributed by atoms with van der Waals surface area (Å²) in [5, 5.41) is 0.182. The van der Waals surface area contributed by atoms with E-state index in [1.165, 1.54) is 18.2 Å². The molecular formula is C13H12Cl2N2O2S. The summed E-state index contributed by atoms with van der Waals surface area (Å²) in [6, 6.07) is 11.3. The Kier molecular flexibility index (Phi) is 4.55. The third kappa shape index (κ3) is 3.24. The Morgan fingerprint density at radius 2 is 1.80 bits per heavy atom. The standard InChI is InChI=1S/C13H12Cl2N2O2S/c14-11-5-2-6-12(13(11)15)20(18,19)17-10-4-1-3-9(7-10)8-16/h1-7,17H,8,16H2. The van der Waals surface area contributed by atoms with Crippen molar-refractivity contribution in [2.45, 2.75) is 11.4 Å². The fourth-order valence-corrected chi connectivity index (χ4v) is 3.48. The average molecular weight is 331 g/mol. The van der Waals surface area contributed by atoms with Crippen LogP contribution in [0.25, 0.3) is 0 Å². The molecule has 20 heavy (non-hydrogen) atoms. The molecule has 3 N–H and O–H groups in total. The fourth-order valence-electron chi connectivity index (χ4n) is 1.66. The second-order valence-electron chi connectivity index (χ2n) is 4.06. The highest BCUT2D eigenvalue weighted by atomic mass is 35.5. The molecule has 2 aromatic carbocycles. The summed E-state index contributed by atoms with van der Waals surface area (Å²) in [6.07, 6.45) is 0. The first kappa shape index (κ1) is 15.1. The number of rotatable bonds is 4. The Morgan fingerprint density at radius 3 is 2.50 bits per heavy atom. The van der Waals surface area contributed by atoms with E-state index in [0.717, 1.165) is 5.56 Å². The molecule has 0 heterocycles. The van der Waals surface area contributed by atoms with Gasteiger partial charge in [0.1, 0.15) is 4.90 Å². The van der Waals surface area contributed by atoms with Crippen LogP contribution in [0.4, 0.5) is 5.69 Å². The molecule has 4 nitrogen and oxygen atoms in total. The van der Waals surface area contributed by atoms with Gasteiger partial charge in [0.05, 0.1) is 10.0 Å². The van der Waals surface area contributed by atoms with Gasteiger partial charge in [-0.3, -0.25) is 4.72 Å². The van der Waals surface area contributed by atoms with Crippen LogP contribution < -0.4 is 10.5 Å². The normalized spacial score (nSPS) is 11.3. The van der Waals surface area contributed by atoms with Crippen LogP contribution in [0, 0.1) is 0 Å². The Labute approximate surface area is 127 Å². The fraction of sp³-hybridized carbons (Fsp3) is 0.0769. The maximum Gasteiger partial charge on any atom is 0.263 e. The van der Waals surface area contributed by atoms with Crippen molar-refractivity contribution in [2.24, 2.45) is 5.73 Å². The highest BCUT2D eigenvalue weighted by Crippen LogP contribution is 2.30. The predicted octanol–water partition coefficient (Wildman–Crippen LogP) is 3.25. The molecule has 0 aliphatic heterocycles. The quantitative estimate of drug-likeness (QED) is 0.903. The Morgan fingerprint density at radius 1 is 1.10 bits per heavy atom. The molecule has 0 amide bonds. The molecule has 106 valence electrons. The van der Waals surface area contributed by atoms with Crippen molar-refractivity contribution in [1.29, 1.82) is 0 Å². The summed E-state index contributed by atoms with van der Waals surface area (Å²) in [5.41, 5.74) is 6.76. The highest BCUT2D eigenvalue weighted by Gasteiger charge is 2.19. The van der Waals surface area contributed by atoms with E-state index in [9.17, 15) is 8.42 Å². The van der Waals surface area contributed by atoms with Crippen LogP contribution in [0.1, 0.15) is 5.56 Å². The molecule has 7 heteroatoms. The van der Waals surface area contributed by atoms with E-state index in [2.05, 4.69) is 4.72 Å². The lowest BCUT2D eigenvalue weighted by Gasteiger charge is -2.11. The van der Waals surface area contributed by atoms with Gasteiger partial charge in [0.2, 0.25) is 0 Å². The van der Waals surface area contributed by atoms with Crippen molar-refractivity contribution < 1.29 is 8.42 Å². The van der Waals surface area contributed by atoms with Crippen molar-refractivity contribution in [3.05, 3.63) is 58.1 Å². The lowest BCUT2D eigenvalue weighted by Crippen LogP contribution is -2.14. The summed E-state index contributed by atoms with van der Waals surface area (Å²) in [6.45, 7) is 0.327. The molecule has 0 radical (unpaired) electrons. The zero-order valence-electron chi connectivity index (χ0n) is 10.3. The zero-order valence-corrected chi connectivity index (χ0v) is 12.6. The maximum atomic E-state index is 12.3. The van der Waals surface area contributed by atoms with Crippen molar-refractivity contribution in [3.8, 4) is 0 Å². The van der Waals surface area contributed by atoms with Crippen LogP contribution >= 0.6 is 23.2 Å². The molecule has 0 atom stereocenters. The summed E-state index contributed by atoms with van der Waals surface area (Å²) in [7, 11) is -3.80. The van der Waals surface area contributed by atoms with Gasteiger partial charge in [-0.15, -0.1) is 0 Å². The second-order valence-corrected chi connectivity index (χ2v) is 6.50. The van der Waals surface area contributed by atoms with Gasteiger partial charge in [0, 0.05) is 12.2 Å². The molecule has 0 unspecified atom stereocenters. The van der Waals surface area contributed by atoms with Gasteiger partial charge in [-0.25, -0.2) is 8.42 Å². The van der Waals surface area contributed by atoms with Crippen molar-refractivity contribution >= 4 is 38.9 Å². The van der Waals surface area contributed by atoms with Crippen LogP contribution in [0.15, 0.2) is 47.4 Å². The number of nitrogens with two attached hydrogens (primary N) is 1. The monoisotopic (exact) mass is 330 g/mol. The van der Waals surface area contributed by atoms with E-state index >= 15 is 0 Å². The van der Waals surface area contributed by atoms with Gasteiger partial charge in [-0.1, -0.05) is 41.4 Å². The molecule has 0 aliphatic carbocycles. The van der Waals surface area contributed by atoms with Gasteiger partial charge < -0.3 is 5.73 Å². The molecular weight excluding hydrogens is 319 g/mol. The number of halogens is 2. The van der Waals surface area contributed by atoms with Crippen LogP contribution in [-0.4, -0.2) is 8.42 Å². The Hall–Kier alpha value is -1.27. The molecule has 0 aromatic heterocycles. The molecule has 0 fully saturated rings. The van der Waals surface area contributed by atoms with Crippen molar-refractivity contribution in [3.63, 3.8) is 0 Å². The smallest absolute Gasteiger partial charge is 0.263 e. The first-order valence-electron chi connectivity index (χ1n) is 5.70. The summed E-state index contributed by atoms with van der Waals surface area (Å²) in [4.78, 5) is -0.0650. The topological polar surface area (TPSA) is 72.2 Å². The molecule has 0 aliphatic rings. The van der Waals surface area contributed by atoms with E-state index in [0.29, 0.717) is 12.2 Å². The molecule has 0 spiro atoms. The summed E-state index contributed by atoms with van der Waals surface area (Å²) >= 11 is 11.8. The number of nitrogens with one attached hydrogen (secondary N) is 1. The van der Waals surface area contributed by atoms with Crippen molar-refractivity contribution in [1.82, 2.24) is 0 Å². The van der Waals surface area contributed by atoms with E-state index < -0.39 is 10.0 Å². The van der Waals surface area contributed by atoms with Gasteiger partial charge in [0.15, 0.2) is 0 Å². The van der Waals surface area contributed by atoms with Crippen molar-refractivity contribution in [2.75, 3.05) is 4.72 Å².